The van der Waals surface area contributed by atoms with Gasteiger partial charge in [0.05, 0.1) is 0 Å². The second-order valence-corrected chi connectivity index (χ2v) is 10.5. The second-order valence-electron chi connectivity index (χ2n) is 10.5. The molecule has 1 aliphatic carbocycles. The number of benzene rings is 1. The van der Waals surface area contributed by atoms with Crippen LogP contribution >= 0.6 is 0 Å². The summed E-state index contributed by atoms with van der Waals surface area (Å²) in [4.78, 5) is 37.2. The fourth-order valence-electron chi connectivity index (χ4n) is 3.88. The Morgan fingerprint density at radius 1 is 0.742 bits per heavy atom. The Morgan fingerprint density at radius 3 is 1.48 bits per heavy atom. The fraction of sp³-hybridized carbons (Fsp3) is 0.640. The summed E-state index contributed by atoms with van der Waals surface area (Å²) in [7, 11) is 0. The summed E-state index contributed by atoms with van der Waals surface area (Å²) in [5.74, 6) is 0.0381. The first-order valence-corrected chi connectivity index (χ1v) is 11.4. The van der Waals surface area contributed by atoms with E-state index in [1.807, 2.05) is 27.7 Å². The molecule has 1 aromatic rings. The van der Waals surface area contributed by atoms with Crippen LogP contribution < -0.4 is 16.0 Å². The molecule has 1 saturated carbocycles. The lowest BCUT2D eigenvalue weighted by Gasteiger charge is -2.36. The molecular formula is C25H39N3O3. The van der Waals surface area contributed by atoms with E-state index in [2.05, 4.69) is 36.7 Å². The molecule has 0 spiro atoms. The van der Waals surface area contributed by atoms with Gasteiger partial charge in [0.2, 0.25) is 17.7 Å². The molecule has 6 heteroatoms. The number of hydrogen-bond acceptors (Lipinski definition) is 3. The molecule has 0 atom stereocenters. The standard InChI is InChI=1S/C25H39N3O3/c1-15(2)22(29)26-19-12-20(27-23(30)16(3)4)14-21(13-19)28-24(31)17-8-10-18(11-9-17)25(5,6)7/h12-18H,8-11H2,1-7H3,(H,26,29)(H,27,30)(H,28,31). The highest BCUT2D eigenvalue weighted by Gasteiger charge is 2.32. The van der Waals surface area contributed by atoms with Crippen LogP contribution in [0, 0.1) is 29.1 Å². The highest BCUT2D eigenvalue weighted by Crippen LogP contribution is 2.40. The molecule has 3 N–H and O–H groups in total. The number of hydrogen-bond donors (Lipinski definition) is 3. The molecule has 172 valence electrons. The maximum absolute atomic E-state index is 12.9. The van der Waals surface area contributed by atoms with E-state index >= 15 is 0 Å². The molecule has 0 unspecified atom stereocenters. The zero-order valence-electron chi connectivity index (χ0n) is 20.1. The molecule has 0 saturated heterocycles. The van der Waals surface area contributed by atoms with Crippen molar-refractivity contribution in [1.82, 2.24) is 0 Å². The Labute approximate surface area is 186 Å². The van der Waals surface area contributed by atoms with Gasteiger partial charge in [-0.3, -0.25) is 14.4 Å². The van der Waals surface area contributed by atoms with Crippen molar-refractivity contribution in [3.63, 3.8) is 0 Å². The monoisotopic (exact) mass is 429 g/mol. The van der Waals surface area contributed by atoms with Crippen molar-refractivity contribution in [3.8, 4) is 0 Å². The van der Waals surface area contributed by atoms with E-state index in [0.717, 1.165) is 25.7 Å². The van der Waals surface area contributed by atoms with Crippen LogP contribution in [0.4, 0.5) is 17.1 Å². The molecule has 2 rings (SSSR count). The van der Waals surface area contributed by atoms with E-state index < -0.39 is 0 Å². The van der Waals surface area contributed by atoms with Gasteiger partial charge >= 0.3 is 0 Å². The second kappa shape index (κ2) is 10.3. The molecular weight excluding hydrogens is 390 g/mol. The molecule has 1 aromatic carbocycles. The average molecular weight is 430 g/mol. The maximum atomic E-state index is 12.9. The molecule has 6 nitrogen and oxygen atoms in total. The zero-order chi connectivity index (χ0) is 23.3. The molecule has 1 aliphatic rings. The SMILES string of the molecule is CC(C)C(=O)Nc1cc(NC(=O)C(C)C)cc(NC(=O)C2CCC(C(C)(C)C)CC2)c1. The van der Waals surface area contributed by atoms with Crippen LogP contribution in [0.15, 0.2) is 18.2 Å². The van der Waals surface area contributed by atoms with Crippen molar-refractivity contribution < 1.29 is 14.4 Å². The lowest BCUT2D eigenvalue weighted by atomic mass is 9.69. The highest BCUT2D eigenvalue weighted by molar-refractivity contribution is 5.99. The summed E-state index contributed by atoms with van der Waals surface area (Å²) < 4.78 is 0. The minimum Gasteiger partial charge on any atom is -0.326 e. The van der Waals surface area contributed by atoms with Gasteiger partial charge in [0.1, 0.15) is 0 Å². The Hall–Kier alpha value is -2.37. The van der Waals surface area contributed by atoms with Gasteiger partial charge in [-0.1, -0.05) is 48.5 Å². The maximum Gasteiger partial charge on any atom is 0.227 e. The van der Waals surface area contributed by atoms with E-state index in [4.69, 9.17) is 0 Å². The van der Waals surface area contributed by atoms with Crippen molar-refractivity contribution in [2.75, 3.05) is 16.0 Å². The third kappa shape index (κ3) is 7.37. The van der Waals surface area contributed by atoms with Crippen molar-refractivity contribution in [1.29, 1.82) is 0 Å². The van der Waals surface area contributed by atoms with Gasteiger partial charge in [-0.25, -0.2) is 0 Å². The number of carbonyl (C=O) groups is 3. The van der Waals surface area contributed by atoms with Crippen LogP contribution in [-0.4, -0.2) is 17.7 Å². The summed E-state index contributed by atoms with van der Waals surface area (Å²) in [6.45, 7) is 14.1. The van der Waals surface area contributed by atoms with Gasteiger partial charge in [-0.15, -0.1) is 0 Å². The Bertz CT molecular complexity index is 760. The first-order chi connectivity index (χ1) is 14.4. The van der Waals surface area contributed by atoms with Gasteiger partial charge < -0.3 is 16.0 Å². The highest BCUT2D eigenvalue weighted by atomic mass is 16.2. The van der Waals surface area contributed by atoms with Crippen molar-refractivity contribution >= 4 is 34.8 Å². The minimum atomic E-state index is -0.176. The van der Waals surface area contributed by atoms with Crippen molar-refractivity contribution in [2.24, 2.45) is 29.1 Å². The first-order valence-electron chi connectivity index (χ1n) is 11.4. The number of anilines is 3. The third-order valence-electron chi connectivity index (χ3n) is 6.11. The van der Waals surface area contributed by atoms with Crippen LogP contribution in [0.5, 0.6) is 0 Å². The minimum absolute atomic E-state index is 0.000770. The van der Waals surface area contributed by atoms with Crippen LogP contribution in [0.25, 0.3) is 0 Å². The van der Waals surface area contributed by atoms with Gasteiger partial charge in [0.15, 0.2) is 0 Å². The van der Waals surface area contributed by atoms with Crippen LogP contribution in [-0.2, 0) is 14.4 Å². The Morgan fingerprint density at radius 2 is 1.13 bits per heavy atom. The van der Waals surface area contributed by atoms with Gasteiger partial charge in [0, 0.05) is 34.8 Å². The van der Waals surface area contributed by atoms with E-state index in [1.54, 1.807) is 18.2 Å². The van der Waals surface area contributed by atoms with E-state index in [-0.39, 0.29) is 40.9 Å². The van der Waals surface area contributed by atoms with Crippen LogP contribution in [0.3, 0.4) is 0 Å². The fourth-order valence-corrected chi connectivity index (χ4v) is 3.88. The Balaban J connectivity index is 2.15. The van der Waals surface area contributed by atoms with E-state index in [9.17, 15) is 14.4 Å². The van der Waals surface area contributed by atoms with Crippen molar-refractivity contribution in [2.45, 2.75) is 74.1 Å². The van der Waals surface area contributed by atoms with E-state index in [0.29, 0.717) is 23.0 Å². The molecule has 0 radical (unpaired) electrons. The molecule has 3 amide bonds. The molecule has 0 aromatic heterocycles. The first kappa shape index (κ1) is 24.9. The quantitative estimate of drug-likeness (QED) is 0.545. The third-order valence-corrected chi connectivity index (χ3v) is 6.11. The normalized spacial score (nSPS) is 19.3. The predicted molar refractivity (Wildman–Crippen MR) is 127 cm³/mol. The van der Waals surface area contributed by atoms with Gasteiger partial charge in [-0.2, -0.15) is 0 Å². The molecule has 0 heterocycles. The van der Waals surface area contributed by atoms with Crippen molar-refractivity contribution in [3.05, 3.63) is 18.2 Å². The topological polar surface area (TPSA) is 87.3 Å². The molecule has 0 bridgehead atoms. The number of nitrogens with one attached hydrogen (secondary N) is 3. The average Bonchev–Trinajstić information content (AvgIpc) is 2.67. The predicted octanol–water partition coefficient (Wildman–Crippen LogP) is 5.67. The molecule has 1 fully saturated rings. The smallest absolute Gasteiger partial charge is 0.227 e. The van der Waals surface area contributed by atoms with Crippen LogP contribution in [0.2, 0.25) is 0 Å². The summed E-state index contributed by atoms with van der Waals surface area (Å²) in [6.07, 6.45) is 3.88. The number of rotatable bonds is 6. The summed E-state index contributed by atoms with van der Waals surface area (Å²) >= 11 is 0. The Kier molecular flexibility index (Phi) is 8.27. The van der Waals surface area contributed by atoms with Crippen LogP contribution in [0.1, 0.15) is 74.1 Å². The van der Waals surface area contributed by atoms with Gasteiger partial charge in [-0.05, 0) is 55.2 Å². The zero-order valence-corrected chi connectivity index (χ0v) is 20.1. The largest absolute Gasteiger partial charge is 0.326 e. The number of carbonyl (C=O) groups excluding carboxylic acids is 3. The number of amides is 3. The lowest BCUT2D eigenvalue weighted by Crippen LogP contribution is -2.31. The van der Waals surface area contributed by atoms with Gasteiger partial charge in [0.25, 0.3) is 0 Å². The lowest BCUT2D eigenvalue weighted by molar-refractivity contribution is -0.121. The van der Waals surface area contributed by atoms with E-state index in [1.165, 1.54) is 0 Å². The summed E-state index contributed by atoms with van der Waals surface area (Å²) in [5, 5.41) is 8.73. The molecule has 0 aliphatic heterocycles. The summed E-state index contributed by atoms with van der Waals surface area (Å²) in [6, 6.07) is 5.19. The summed E-state index contributed by atoms with van der Waals surface area (Å²) in [5.41, 5.74) is 1.94. The molecule has 31 heavy (non-hydrogen) atoms.